The minimum absolute atomic E-state index is 1.00. The summed E-state index contributed by atoms with van der Waals surface area (Å²) < 4.78 is 1.54. The van der Waals surface area contributed by atoms with Crippen LogP contribution in [0.3, 0.4) is 0 Å². The van der Waals surface area contributed by atoms with Crippen molar-refractivity contribution in [2.75, 3.05) is 0 Å². The Bertz CT molecular complexity index is 1040. The van der Waals surface area contributed by atoms with E-state index in [0.29, 0.717) is 0 Å². The van der Waals surface area contributed by atoms with E-state index in [9.17, 15) is 5.53 Å². The first-order valence-corrected chi connectivity index (χ1v) is 14.3. The Balaban J connectivity index is 2.05. The molecule has 0 fully saturated rings. The topological polar surface area (TPSA) is 25.3 Å². The lowest BCUT2D eigenvalue weighted by Gasteiger charge is -2.11. The van der Waals surface area contributed by atoms with Crippen molar-refractivity contribution in [2.45, 2.75) is 111 Å². The summed E-state index contributed by atoms with van der Waals surface area (Å²) in [6, 6.07) is 17.7. The molecular formula is C33H46N2. The lowest BCUT2D eigenvalue weighted by molar-refractivity contribution is -0.345. The normalized spacial score (nSPS) is 13.9. The Morgan fingerprint density at radius 2 is 1.09 bits per heavy atom. The van der Waals surface area contributed by atoms with Crippen LogP contribution in [0, 0.1) is 0 Å². The van der Waals surface area contributed by atoms with Gasteiger partial charge in [-0.05, 0) is 80.3 Å². The van der Waals surface area contributed by atoms with Gasteiger partial charge in [0.25, 0.3) is 0 Å². The molecule has 0 aliphatic carbocycles. The highest BCUT2D eigenvalue weighted by molar-refractivity contribution is 5.82. The molecule has 188 valence electrons. The molecule has 2 heteroatoms. The molecule has 1 heterocycles. The fraction of sp³-hybridized carbons (Fsp3) is 0.515. The minimum Gasteiger partial charge on any atom is -0.493 e. The number of rotatable bonds is 15. The van der Waals surface area contributed by atoms with E-state index in [0.717, 1.165) is 67.5 Å². The highest BCUT2D eigenvalue weighted by atomic mass is 15.2. The molecule has 0 amide bonds. The zero-order valence-electron chi connectivity index (χ0n) is 22.7. The van der Waals surface area contributed by atoms with Crippen LogP contribution < -0.4 is 0 Å². The van der Waals surface area contributed by atoms with Crippen LogP contribution in [0.1, 0.15) is 121 Å². The van der Waals surface area contributed by atoms with E-state index in [1.54, 1.807) is 0 Å². The van der Waals surface area contributed by atoms with Crippen molar-refractivity contribution in [1.82, 2.24) is 0 Å². The van der Waals surface area contributed by atoms with Crippen molar-refractivity contribution in [3.05, 3.63) is 87.5 Å². The SMILES string of the molecule is CCCCCCc1cccc(C2=C(CCCC)C(CCCCC)=C(c3cccc(CC)c3)[N+]2=[N-])c1. The van der Waals surface area contributed by atoms with Gasteiger partial charge in [0.05, 0.1) is 0 Å². The third-order valence-corrected chi connectivity index (χ3v) is 7.30. The summed E-state index contributed by atoms with van der Waals surface area (Å²) in [4.78, 5) is 0. The molecule has 0 unspecified atom stereocenters. The molecule has 1 aliphatic rings. The molecule has 3 rings (SSSR count). The average molecular weight is 471 g/mol. The maximum atomic E-state index is 11.8. The molecule has 0 radical (unpaired) electrons. The van der Waals surface area contributed by atoms with Crippen molar-refractivity contribution in [1.29, 1.82) is 0 Å². The summed E-state index contributed by atoms with van der Waals surface area (Å²) >= 11 is 0. The fourth-order valence-electron chi connectivity index (χ4n) is 5.26. The third-order valence-electron chi connectivity index (χ3n) is 7.30. The quantitative estimate of drug-likeness (QED) is 0.183. The molecule has 1 aliphatic heterocycles. The van der Waals surface area contributed by atoms with Gasteiger partial charge in [-0.1, -0.05) is 90.5 Å². The van der Waals surface area contributed by atoms with Gasteiger partial charge in [-0.15, -0.1) is 0 Å². The van der Waals surface area contributed by atoms with E-state index in [1.165, 1.54) is 65.5 Å². The van der Waals surface area contributed by atoms with Gasteiger partial charge in [0, 0.05) is 22.3 Å². The van der Waals surface area contributed by atoms with E-state index in [4.69, 9.17) is 0 Å². The average Bonchev–Trinajstić information content (AvgIpc) is 3.16. The summed E-state index contributed by atoms with van der Waals surface area (Å²) in [5, 5.41) is 0. The summed E-state index contributed by atoms with van der Waals surface area (Å²) in [6.07, 6.45) is 15.1. The standard InChI is InChI=1S/C33H46N2/c1-5-9-12-14-17-27-19-16-21-29(25-27)33-30(22-11-7-3)31(23-13-10-6-2)32(35(33)34)28-20-15-18-26(8-4)24-28/h15-16,18-21,24-25H,5-14,17,22-23H2,1-4H3. The van der Waals surface area contributed by atoms with Gasteiger partial charge in [-0.25, -0.2) is 4.70 Å². The molecule has 0 spiro atoms. The summed E-state index contributed by atoms with van der Waals surface area (Å²) in [7, 11) is 0. The zero-order chi connectivity index (χ0) is 25.0. The Labute approximate surface area is 214 Å². The molecule has 2 aromatic rings. The lowest BCUT2D eigenvalue weighted by atomic mass is 9.91. The summed E-state index contributed by atoms with van der Waals surface area (Å²) in [5.41, 5.74) is 21.5. The monoisotopic (exact) mass is 470 g/mol. The van der Waals surface area contributed by atoms with Crippen LogP contribution in [0.4, 0.5) is 0 Å². The van der Waals surface area contributed by atoms with E-state index < -0.39 is 0 Å². The van der Waals surface area contributed by atoms with Crippen LogP contribution in [0.5, 0.6) is 0 Å². The first-order valence-electron chi connectivity index (χ1n) is 14.3. The number of nitrogens with zero attached hydrogens (tertiary/aromatic N) is 2. The van der Waals surface area contributed by atoms with Gasteiger partial charge < -0.3 is 5.53 Å². The summed E-state index contributed by atoms with van der Waals surface area (Å²) in [5.74, 6) is 0. The Kier molecular flexibility index (Phi) is 11.0. The van der Waals surface area contributed by atoms with Gasteiger partial charge in [0.1, 0.15) is 0 Å². The van der Waals surface area contributed by atoms with Crippen molar-refractivity contribution in [3.8, 4) is 0 Å². The van der Waals surface area contributed by atoms with Crippen molar-refractivity contribution in [3.63, 3.8) is 0 Å². The molecule has 2 nitrogen and oxygen atoms in total. The Morgan fingerprint density at radius 3 is 1.69 bits per heavy atom. The molecule has 2 aromatic carbocycles. The zero-order valence-corrected chi connectivity index (χ0v) is 22.7. The predicted molar refractivity (Wildman–Crippen MR) is 151 cm³/mol. The molecule has 0 saturated heterocycles. The number of hydrogen-bond acceptors (Lipinski definition) is 0. The van der Waals surface area contributed by atoms with Crippen molar-refractivity contribution >= 4 is 11.4 Å². The van der Waals surface area contributed by atoms with Crippen LogP contribution >= 0.6 is 0 Å². The number of aryl methyl sites for hydroxylation is 2. The van der Waals surface area contributed by atoms with E-state index in [1.807, 2.05) is 0 Å². The number of benzene rings is 2. The van der Waals surface area contributed by atoms with Gasteiger partial charge in [-0.2, -0.15) is 0 Å². The largest absolute Gasteiger partial charge is 0.493 e. The van der Waals surface area contributed by atoms with Crippen LogP contribution in [-0.4, -0.2) is 4.70 Å². The first-order chi connectivity index (χ1) is 17.1. The van der Waals surface area contributed by atoms with E-state index in [2.05, 4.69) is 76.2 Å². The van der Waals surface area contributed by atoms with Gasteiger partial charge in [0.2, 0.25) is 11.4 Å². The van der Waals surface area contributed by atoms with Gasteiger partial charge >= 0.3 is 0 Å². The second-order valence-electron chi connectivity index (χ2n) is 10.1. The molecule has 0 bridgehead atoms. The fourth-order valence-corrected chi connectivity index (χ4v) is 5.26. The molecular weight excluding hydrogens is 424 g/mol. The maximum absolute atomic E-state index is 11.8. The Morgan fingerprint density at radius 1 is 0.571 bits per heavy atom. The Hall–Kier alpha value is -2.48. The number of hydrogen-bond donors (Lipinski definition) is 0. The molecule has 0 N–H and O–H groups in total. The lowest BCUT2D eigenvalue weighted by Crippen LogP contribution is -2.03. The molecule has 0 atom stereocenters. The van der Waals surface area contributed by atoms with Crippen LogP contribution in [0.25, 0.3) is 16.9 Å². The second-order valence-corrected chi connectivity index (χ2v) is 10.1. The van der Waals surface area contributed by atoms with Crippen LogP contribution in [-0.2, 0) is 12.8 Å². The van der Waals surface area contributed by atoms with Gasteiger partial charge in [0.15, 0.2) is 0 Å². The first kappa shape index (κ1) is 27.1. The van der Waals surface area contributed by atoms with Crippen molar-refractivity contribution < 1.29 is 4.70 Å². The van der Waals surface area contributed by atoms with Crippen molar-refractivity contribution in [2.24, 2.45) is 0 Å². The van der Waals surface area contributed by atoms with Crippen LogP contribution in [0.2, 0.25) is 0 Å². The smallest absolute Gasteiger partial charge is 0.211 e. The predicted octanol–water partition coefficient (Wildman–Crippen LogP) is 10.3. The summed E-state index contributed by atoms with van der Waals surface area (Å²) in [6.45, 7) is 8.98. The minimum atomic E-state index is 1.00. The van der Waals surface area contributed by atoms with Gasteiger partial charge in [-0.3, -0.25) is 0 Å². The number of unbranched alkanes of at least 4 members (excludes halogenated alkanes) is 6. The van der Waals surface area contributed by atoms with E-state index >= 15 is 0 Å². The molecule has 0 saturated carbocycles. The number of allylic oxidation sites excluding steroid dienone is 2. The maximum Gasteiger partial charge on any atom is 0.211 e. The van der Waals surface area contributed by atoms with Crippen LogP contribution in [0.15, 0.2) is 59.7 Å². The highest BCUT2D eigenvalue weighted by Gasteiger charge is 2.35. The third kappa shape index (κ3) is 7.03. The highest BCUT2D eigenvalue weighted by Crippen LogP contribution is 2.44. The molecule has 35 heavy (non-hydrogen) atoms. The second kappa shape index (κ2) is 14.2. The molecule has 0 aromatic heterocycles. The van der Waals surface area contributed by atoms with E-state index in [-0.39, 0.29) is 0 Å².